The van der Waals surface area contributed by atoms with E-state index in [-0.39, 0.29) is 12.5 Å². The van der Waals surface area contributed by atoms with Crippen molar-refractivity contribution in [2.75, 3.05) is 13.1 Å². The fourth-order valence-electron chi connectivity index (χ4n) is 3.31. The van der Waals surface area contributed by atoms with Crippen molar-refractivity contribution in [3.8, 4) is 0 Å². The molecule has 0 aromatic rings. The van der Waals surface area contributed by atoms with Crippen LogP contribution >= 0.6 is 0 Å². The lowest BCUT2D eigenvalue weighted by Crippen LogP contribution is -2.58. The molecule has 2 amide bonds. The monoisotopic (exact) mass is 282 g/mol. The fraction of sp³-hybridized carbons (Fsp3) is 0.867. The van der Waals surface area contributed by atoms with Gasteiger partial charge in [-0.1, -0.05) is 13.8 Å². The summed E-state index contributed by atoms with van der Waals surface area (Å²) in [6, 6.07) is -0.0758. The van der Waals surface area contributed by atoms with Crippen molar-refractivity contribution < 1.29 is 14.7 Å². The first-order valence-corrected chi connectivity index (χ1v) is 7.71. The number of amides is 2. The number of aliphatic carboxylic acids is 1. The predicted molar refractivity (Wildman–Crippen MR) is 76.5 cm³/mol. The highest BCUT2D eigenvalue weighted by Crippen LogP contribution is 2.35. The van der Waals surface area contributed by atoms with Crippen LogP contribution in [0.25, 0.3) is 0 Å². The van der Waals surface area contributed by atoms with Crippen LogP contribution in [0.1, 0.15) is 52.4 Å². The van der Waals surface area contributed by atoms with Crippen LogP contribution in [-0.2, 0) is 4.79 Å². The number of carbonyl (C=O) groups excluding carboxylic acids is 1. The Hall–Kier alpha value is -1.26. The van der Waals surface area contributed by atoms with Crippen LogP contribution in [0.4, 0.5) is 4.79 Å². The molecule has 0 aromatic carbocycles. The van der Waals surface area contributed by atoms with Crippen LogP contribution in [0.3, 0.4) is 0 Å². The van der Waals surface area contributed by atoms with E-state index < -0.39 is 11.5 Å². The molecule has 0 aromatic heterocycles. The van der Waals surface area contributed by atoms with E-state index in [9.17, 15) is 9.59 Å². The number of carboxylic acids is 1. The zero-order chi connectivity index (χ0) is 14.8. The molecule has 5 nitrogen and oxygen atoms in total. The Kier molecular flexibility index (Phi) is 4.55. The van der Waals surface area contributed by atoms with E-state index in [0.29, 0.717) is 11.8 Å². The first kappa shape index (κ1) is 15.1. The molecule has 2 rings (SSSR count). The van der Waals surface area contributed by atoms with Gasteiger partial charge in [-0.25, -0.2) is 4.79 Å². The van der Waals surface area contributed by atoms with E-state index in [1.807, 2.05) is 4.90 Å². The van der Waals surface area contributed by atoms with Gasteiger partial charge in [-0.2, -0.15) is 0 Å². The lowest BCUT2D eigenvalue weighted by molar-refractivity contribution is -0.139. The summed E-state index contributed by atoms with van der Waals surface area (Å²) in [5.74, 6) is 0.546. The van der Waals surface area contributed by atoms with Gasteiger partial charge in [-0.05, 0) is 43.9 Å². The number of likely N-dealkylation sites (tertiary alicyclic amines) is 1. The SMILES string of the molecule is CC(C)C1CCN(C(=O)NC2(CC(=O)O)CCC2)CC1. The molecule has 0 spiro atoms. The van der Waals surface area contributed by atoms with E-state index in [1.54, 1.807) is 0 Å². The number of carbonyl (C=O) groups is 2. The summed E-state index contributed by atoms with van der Waals surface area (Å²) in [6.45, 7) is 6.04. The fourth-order valence-corrected chi connectivity index (χ4v) is 3.31. The summed E-state index contributed by atoms with van der Waals surface area (Å²) in [7, 11) is 0. The van der Waals surface area contributed by atoms with Gasteiger partial charge in [0.15, 0.2) is 0 Å². The second-order valence-electron chi connectivity index (χ2n) is 6.70. The maximum absolute atomic E-state index is 12.3. The van der Waals surface area contributed by atoms with Gasteiger partial charge < -0.3 is 15.3 Å². The highest BCUT2D eigenvalue weighted by atomic mass is 16.4. The Bertz CT molecular complexity index is 369. The van der Waals surface area contributed by atoms with E-state index in [4.69, 9.17) is 5.11 Å². The molecule has 2 N–H and O–H groups in total. The third kappa shape index (κ3) is 3.44. The average molecular weight is 282 g/mol. The standard InChI is InChI=1S/C15H26N2O3/c1-11(2)12-4-8-17(9-5-12)14(20)16-15(6-3-7-15)10-13(18)19/h11-12H,3-10H2,1-2H3,(H,16,20)(H,18,19). The van der Waals surface area contributed by atoms with Gasteiger partial charge in [0.1, 0.15) is 0 Å². The average Bonchev–Trinajstić information content (AvgIpc) is 2.35. The predicted octanol–water partition coefficient (Wildman–Crippen LogP) is 2.46. The summed E-state index contributed by atoms with van der Waals surface area (Å²) in [6.07, 6.45) is 4.72. The first-order chi connectivity index (χ1) is 9.42. The maximum Gasteiger partial charge on any atom is 0.317 e. The minimum Gasteiger partial charge on any atom is -0.481 e. The van der Waals surface area contributed by atoms with E-state index in [2.05, 4.69) is 19.2 Å². The Morgan fingerprint density at radius 1 is 1.30 bits per heavy atom. The molecule has 1 heterocycles. The molecule has 114 valence electrons. The van der Waals surface area contributed by atoms with Crippen molar-refractivity contribution in [3.05, 3.63) is 0 Å². The molecule has 1 saturated carbocycles. The molecule has 0 radical (unpaired) electrons. The third-order valence-electron chi connectivity index (χ3n) is 4.94. The molecule has 2 fully saturated rings. The molecule has 20 heavy (non-hydrogen) atoms. The number of hydrogen-bond acceptors (Lipinski definition) is 2. The topological polar surface area (TPSA) is 69.6 Å². The third-order valence-corrected chi connectivity index (χ3v) is 4.94. The van der Waals surface area contributed by atoms with Crippen LogP contribution in [0, 0.1) is 11.8 Å². The zero-order valence-corrected chi connectivity index (χ0v) is 12.5. The molecular formula is C15H26N2O3. The van der Waals surface area contributed by atoms with Gasteiger partial charge in [0, 0.05) is 13.1 Å². The highest BCUT2D eigenvalue weighted by molar-refractivity contribution is 5.77. The summed E-state index contributed by atoms with van der Waals surface area (Å²) in [4.78, 5) is 25.1. The van der Waals surface area contributed by atoms with Gasteiger partial charge >= 0.3 is 12.0 Å². The molecule has 5 heteroatoms. The number of carboxylic acid groups (broad SMARTS) is 1. The maximum atomic E-state index is 12.3. The van der Waals surface area contributed by atoms with Crippen LogP contribution in [0.15, 0.2) is 0 Å². The lowest BCUT2D eigenvalue weighted by Gasteiger charge is -2.43. The van der Waals surface area contributed by atoms with Crippen molar-refractivity contribution >= 4 is 12.0 Å². The molecule has 0 bridgehead atoms. The molecule has 0 atom stereocenters. The molecule has 2 aliphatic rings. The quantitative estimate of drug-likeness (QED) is 0.832. The van der Waals surface area contributed by atoms with Gasteiger partial charge in [-0.3, -0.25) is 4.79 Å². The Morgan fingerprint density at radius 2 is 1.90 bits per heavy atom. The number of rotatable bonds is 4. The van der Waals surface area contributed by atoms with Crippen molar-refractivity contribution in [3.63, 3.8) is 0 Å². The molecule has 1 aliphatic heterocycles. The molecule has 0 unspecified atom stereocenters. The Labute approximate surface area is 120 Å². The van der Waals surface area contributed by atoms with Crippen LogP contribution in [0.2, 0.25) is 0 Å². The van der Waals surface area contributed by atoms with Crippen LogP contribution in [-0.4, -0.2) is 40.6 Å². The Balaban J connectivity index is 1.84. The molecule has 1 aliphatic carbocycles. The number of nitrogens with one attached hydrogen (secondary N) is 1. The normalized spacial score (nSPS) is 22.4. The summed E-state index contributed by atoms with van der Waals surface area (Å²) < 4.78 is 0. The van der Waals surface area contributed by atoms with Gasteiger partial charge in [-0.15, -0.1) is 0 Å². The zero-order valence-electron chi connectivity index (χ0n) is 12.5. The van der Waals surface area contributed by atoms with Crippen LogP contribution in [0.5, 0.6) is 0 Å². The van der Waals surface area contributed by atoms with E-state index >= 15 is 0 Å². The number of nitrogens with zero attached hydrogens (tertiary/aromatic N) is 1. The van der Waals surface area contributed by atoms with Crippen molar-refractivity contribution in [1.29, 1.82) is 0 Å². The number of urea groups is 1. The largest absolute Gasteiger partial charge is 0.481 e. The summed E-state index contributed by atoms with van der Waals surface area (Å²) >= 11 is 0. The summed E-state index contributed by atoms with van der Waals surface area (Å²) in [5, 5.41) is 11.9. The second-order valence-corrected chi connectivity index (χ2v) is 6.70. The van der Waals surface area contributed by atoms with Crippen LogP contribution < -0.4 is 5.32 Å². The highest BCUT2D eigenvalue weighted by Gasteiger charge is 2.41. The number of piperidine rings is 1. The van der Waals surface area contributed by atoms with Gasteiger partial charge in [0.05, 0.1) is 12.0 Å². The smallest absolute Gasteiger partial charge is 0.317 e. The summed E-state index contributed by atoms with van der Waals surface area (Å²) in [5.41, 5.74) is -0.488. The first-order valence-electron chi connectivity index (χ1n) is 7.71. The van der Waals surface area contributed by atoms with Gasteiger partial charge in [0.25, 0.3) is 0 Å². The van der Waals surface area contributed by atoms with Crippen molar-refractivity contribution in [2.45, 2.75) is 57.9 Å². The molecular weight excluding hydrogens is 256 g/mol. The second kappa shape index (κ2) is 6.02. The minimum atomic E-state index is -0.830. The van der Waals surface area contributed by atoms with Gasteiger partial charge in [0.2, 0.25) is 0 Å². The van der Waals surface area contributed by atoms with E-state index in [0.717, 1.165) is 45.2 Å². The van der Waals surface area contributed by atoms with Crippen molar-refractivity contribution in [1.82, 2.24) is 10.2 Å². The Morgan fingerprint density at radius 3 is 2.30 bits per heavy atom. The lowest BCUT2D eigenvalue weighted by atomic mass is 9.74. The number of hydrogen-bond donors (Lipinski definition) is 2. The van der Waals surface area contributed by atoms with Crippen molar-refractivity contribution in [2.24, 2.45) is 11.8 Å². The van der Waals surface area contributed by atoms with E-state index in [1.165, 1.54) is 0 Å². The molecule has 1 saturated heterocycles. The minimum absolute atomic E-state index is 0.0429.